The maximum atomic E-state index is 3.74. The number of hydrogen-bond donors (Lipinski definition) is 1. The second kappa shape index (κ2) is 7.91. The highest BCUT2D eigenvalue weighted by Crippen LogP contribution is 2.15. The van der Waals surface area contributed by atoms with E-state index in [1.165, 1.54) is 25.7 Å². The van der Waals surface area contributed by atoms with Gasteiger partial charge < -0.3 is 5.32 Å². The van der Waals surface area contributed by atoms with Gasteiger partial charge >= 0.3 is 0 Å². The van der Waals surface area contributed by atoms with Crippen LogP contribution in [0.4, 0.5) is 0 Å². The van der Waals surface area contributed by atoms with Gasteiger partial charge in [0.25, 0.3) is 0 Å². The molecule has 1 saturated heterocycles. The molecule has 0 aromatic heterocycles. The van der Waals surface area contributed by atoms with Gasteiger partial charge in [-0.1, -0.05) is 12.0 Å². The van der Waals surface area contributed by atoms with Crippen LogP contribution in [0.15, 0.2) is 12.7 Å². The molecule has 1 N–H and O–H groups in total. The molecule has 2 unspecified atom stereocenters. The van der Waals surface area contributed by atoms with Gasteiger partial charge in [-0.15, -0.1) is 24.9 Å². The van der Waals surface area contributed by atoms with E-state index in [1.54, 1.807) is 0 Å². The molecule has 1 fully saturated rings. The lowest BCUT2D eigenvalue weighted by molar-refractivity contribution is 0.348. The molecule has 1 nitrogen and oxygen atoms in total. The van der Waals surface area contributed by atoms with Gasteiger partial charge in [0.1, 0.15) is 0 Å². The molecule has 1 heterocycles. The molecule has 1 aliphatic heterocycles. The van der Waals surface area contributed by atoms with E-state index in [-0.39, 0.29) is 12.4 Å². The van der Waals surface area contributed by atoms with Crippen LogP contribution in [-0.2, 0) is 0 Å². The largest absolute Gasteiger partial charge is 0.301 e. The number of rotatable bonds is 3. The number of allylic oxidation sites excluding steroid dienone is 1. The molecule has 1 rings (SSSR count). The third-order valence-corrected chi connectivity index (χ3v) is 2.52. The molecule has 14 heavy (non-hydrogen) atoms. The maximum Gasteiger partial charge on any atom is 0.0691 e. The first kappa shape index (κ1) is 13.5. The van der Waals surface area contributed by atoms with Crippen LogP contribution in [0.1, 0.15) is 39.0 Å². The van der Waals surface area contributed by atoms with E-state index in [0.29, 0.717) is 12.1 Å². The first-order valence-corrected chi connectivity index (χ1v) is 5.16. The van der Waals surface area contributed by atoms with Crippen molar-refractivity contribution in [3.63, 3.8) is 0 Å². The second-order valence-corrected chi connectivity index (χ2v) is 3.61. The van der Waals surface area contributed by atoms with Crippen molar-refractivity contribution in [2.24, 2.45) is 0 Å². The Bertz CT molecular complexity index is 214. The second-order valence-electron chi connectivity index (χ2n) is 3.61. The molecule has 1 aliphatic rings. The summed E-state index contributed by atoms with van der Waals surface area (Å²) >= 11 is 0. The average molecular weight is 214 g/mol. The highest BCUT2D eigenvalue weighted by Gasteiger charge is 2.18. The van der Waals surface area contributed by atoms with E-state index in [0.717, 1.165) is 6.42 Å². The van der Waals surface area contributed by atoms with Crippen molar-refractivity contribution in [3.8, 4) is 11.8 Å². The molecule has 0 aliphatic carbocycles. The maximum absolute atomic E-state index is 3.74. The van der Waals surface area contributed by atoms with Gasteiger partial charge in [-0.25, -0.2) is 0 Å². The fraction of sp³-hybridized carbons (Fsp3) is 0.667. The smallest absolute Gasteiger partial charge is 0.0691 e. The van der Waals surface area contributed by atoms with Crippen molar-refractivity contribution >= 4 is 12.4 Å². The Hall–Kier alpha value is -0.450. The van der Waals surface area contributed by atoms with Gasteiger partial charge in [0.2, 0.25) is 0 Å². The summed E-state index contributed by atoms with van der Waals surface area (Å²) in [7, 11) is 0. The molecule has 0 radical (unpaired) electrons. The van der Waals surface area contributed by atoms with E-state index >= 15 is 0 Å². The minimum absolute atomic E-state index is 0. The van der Waals surface area contributed by atoms with Gasteiger partial charge in [-0.2, -0.15) is 0 Å². The normalized spacial score (nSPS) is 25.5. The Morgan fingerprint density at radius 2 is 2.29 bits per heavy atom. The lowest BCUT2D eigenvalue weighted by atomic mass is 9.96. The van der Waals surface area contributed by atoms with Gasteiger partial charge in [0, 0.05) is 6.04 Å². The summed E-state index contributed by atoms with van der Waals surface area (Å²) in [5, 5.41) is 3.57. The topological polar surface area (TPSA) is 12.0 Å². The van der Waals surface area contributed by atoms with Crippen molar-refractivity contribution < 1.29 is 0 Å². The molecule has 0 spiro atoms. The van der Waals surface area contributed by atoms with E-state index in [9.17, 15) is 0 Å². The quantitative estimate of drug-likeness (QED) is 0.562. The molecule has 2 heteroatoms. The number of hydrogen-bond acceptors (Lipinski definition) is 1. The van der Waals surface area contributed by atoms with Crippen molar-refractivity contribution in [1.29, 1.82) is 0 Å². The summed E-state index contributed by atoms with van der Waals surface area (Å²) < 4.78 is 0. The molecular weight excluding hydrogens is 194 g/mol. The minimum atomic E-state index is 0. The van der Waals surface area contributed by atoms with E-state index in [2.05, 4.69) is 23.7 Å². The highest BCUT2D eigenvalue weighted by molar-refractivity contribution is 5.85. The van der Waals surface area contributed by atoms with E-state index < -0.39 is 0 Å². The van der Waals surface area contributed by atoms with Crippen molar-refractivity contribution in [3.05, 3.63) is 12.7 Å². The zero-order valence-electron chi connectivity index (χ0n) is 8.88. The lowest BCUT2D eigenvalue weighted by Gasteiger charge is -2.27. The van der Waals surface area contributed by atoms with Crippen LogP contribution in [0.3, 0.4) is 0 Å². The summed E-state index contributed by atoms with van der Waals surface area (Å²) in [5.41, 5.74) is 0. The summed E-state index contributed by atoms with van der Waals surface area (Å²) in [6, 6.07) is 1.10. The SMILES string of the molecule is C=CCCC1CCCC(C#CC)N1.Cl. The Balaban J connectivity index is 0.00000169. The minimum Gasteiger partial charge on any atom is -0.301 e. The summed E-state index contributed by atoms with van der Waals surface area (Å²) in [5.74, 6) is 6.19. The standard InChI is InChI=1S/C12H19N.ClH/c1-3-5-8-12-10-6-9-11(13-12)7-4-2;/h3,11-13H,1,5-6,8-10H2,2H3;1H. The van der Waals surface area contributed by atoms with Crippen LogP contribution >= 0.6 is 12.4 Å². The van der Waals surface area contributed by atoms with Gasteiger partial charge in [0.05, 0.1) is 6.04 Å². The van der Waals surface area contributed by atoms with E-state index in [1.807, 2.05) is 13.0 Å². The first-order valence-electron chi connectivity index (χ1n) is 5.16. The molecule has 2 atom stereocenters. The zero-order valence-corrected chi connectivity index (χ0v) is 9.70. The van der Waals surface area contributed by atoms with Crippen LogP contribution in [-0.4, -0.2) is 12.1 Å². The van der Waals surface area contributed by atoms with Crippen LogP contribution in [0.25, 0.3) is 0 Å². The van der Waals surface area contributed by atoms with Gasteiger partial charge in [-0.3, -0.25) is 0 Å². The summed E-state index contributed by atoms with van der Waals surface area (Å²) in [6.07, 6.45) is 8.15. The summed E-state index contributed by atoms with van der Waals surface area (Å²) in [4.78, 5) is 0. The molecule has 0 amide bonds. The number of nitrogens with one attached hydrogen (secondary N) is 1. The van der Waals surface area contributed by atoms with Crippen LogP contribution in [0.2, 0.25) is 0 Å². The zero-order chi connectivity index (χ0) is 9.52. The predicted molar refractivity (Wildman–Crippen MR) is 64.7 cm³/mol. The van der Waals surface area contributed by atoms with Crippen LogP contribution < -0.4 is 5.32 Å². The Morgan fingerprint density at radius 1 is 1.50 bits per heavy atom. The van der Waals surface area contributed by atoms with Gasteiger partial charge in [0.15, 0.2) is 0 Å². The van der Waals surface area contributed by atoms with Crippen molar-refractivity contribution in [2.75, 3.05) is 0 Å². The molecule has 0 saturated carbocycles. The number of halogens is 1. The molecule has 80 valence electrons. The first-order chi connectivity index (χ1) is 6.36. The average Bonchev–Trinajstić information content (AvgIpc) is 2.16. The third-order valence-electron chi connectivity index (χ3n) is 2.52. The Labute approximate surface area is 93.8 Å². The number of piperidine rings is 1. The lowest BCUT2D eigenvalue weighted by Crippen LogP contribution is -2.41. The van der Waals surface area contributed by atoms with E-state index in [4.69, 9.17) is 0 Å². The Morgan fingerprint density at radius 3 is 2.93 bits per heavy atom. The van der Waals surface area contributed by atoms with Crippen LogP contribution in [0.5, 0.6) is 0 Å². The van der Waals surface area contributed by atoms with Crippen LogP contribution in [0, 0.1) is 11.8 Å². The molecule has 0 aromatic carbocycles. The molecule has 0 aromatic rings. The summed E-state index contributed by atoms with van der Waals surface area (Å²) in [6.45, 7) is 5.66. The fourth-order valence-electron chi connectivity index (χ4n) is 1.85. The molecular formula is C12H20ClN. The van der Waals surface area contributed by atoms with Crippen molar-refractivity contribution in [2.45, 2.75) is 51.1 Å². The predicted octanol–water partition coefficient (Wildman–Crippen LogP) is 2.91. The highest BCUT2D eigenvalue weighted by atomic mass is 35.5. The third kappa shape index (κ3) is 4.69. The monoisotopic (exact) mass is 213 g/mol. The fourth-order valence-corrected chi connectivity index (χ4v) is 1.85. The Kier molecular flexibility index (Phi) is 7.65. The van der Waals surface area contributed by atoms with Gasteiger partial charge in [-0.05, 0) is 39.0 Å². The molecule has 0 bridgehead atoms. The van der Waals surface area contributed by atoms with Crippen molar-refractivity contribution in [1.82, 2.24) is 5.32 Å².